The van der Waals surface area contributed by atoms with Crippen LogP contribution in [0.1, 0.15) is 68.0 Å². The Morgan fingerprint density at radius 2 is 2.00 bits per heavy atom. The van der Waals surface area contributed by atoms with Crippen molar-refractivity contribution in [3.8, 4) is 11.1 Å². The number of ketones is 1. The molecule has 1 amide bonds. The summed E-state index contributed by atoms with van der Waals surface area (Å²) in [4.78, 5) is 36.0. The maximum atomic E-state index is 13.2. The van der Waals surface area contributed by atoms with Crippen LogP contribution >= 0.6 is 0 Å². The highest BCUT2D eigenvalue weighted by Crippen LogP contribution is 2.42. The van der Waals surface area contributed by atoms with E-state index in [1.807, 2.05) is 38.1 Å². The largest absolute Gasteiger partial charge is 0.444 e. The van der Waals surface area contributed by atoms with Gasteiger partial charge in [0.1, 0.15) is 17.9 Å². The van der Waals surface area contributed by atoms with Crippen LogP contribution in [-0.4, -0.2) is 59.2 Å². The minimum atomic E-state index is -0.584. The molecule has 8 heteroatoms. The molecule has 0 spiro atoms. The summed E-state index contributed by atoms with van der Waals surface area (Å²) in [5, 5.41) is 4.50. The molecule has 37 heavy (non-hydrogen) atoms. The van der Waals surface area contributed by atoms with Crippen LogP contribution in [0.5, 0.6) is 0 Å². The number of aryl methyl sites for hydroxylation is 1. The molecule has 2 aliphatic rings. The zero-order chi connectivity index (χ0) is 26.3. The number of fused-ring (bicyclic) bond motifs is 2. The third-order valence-electron chi connectivity index (χ3n) is 7.25. The number of carbonyl (C=O) groups excluding carboxylic acids is 2. The van der Waals surface area contributed by atoms with Gasteiger partial charge in [0.25, 0.3) is 0 Å². The fourth-order valence-electron chi connectivity index (χ4n) is 5.61. The third kappa shape index (κ3) is 5.00. The van der Waals surface area contributed by atoms with E-state index >= 15 is 0 Å². The van der Waals surface area contributed by atoms with Crippen LogP contribution in [0.2, 0.25) is 0 Å². The number of amides is 1. The van der Waals surface area contributed by atoms with Gasteiger partial charge in [-0.05, 0) is 86.9 Å². The molecule has 1 saturated heterocycles. The van der Waals surface area contributed by atoms with Crippen molar-refractivity contribution in [2.75, 3.05) is 26.8 Å². The van der Waals surface area contributed by atoms with Crippen molar-refractivity contribution in [1.29, 1.82) is 0 Å². The van der Waals surface area contributed by atoms with Gasteiger partial charge in [0.05, 0.1) is 12.1 Å². The molecular formula is C29H36N4O4. The van der Waals surface area contributed by atoms with Crippen LogP contribution in [0.3, 0.4) is 0 Å². The Bertz CT molecular complexity index is 1340. The molecule has 2 N–H and O–H groups in total. The number of pyridine rings is 1. The summed E-state index contributed by atoms with van der Waals surface area (Å²) in [7, 11) is 1.54. The number of nitrogens with one attached hydrogen (secondary N) is 2. The average Bonchev–Trinajstić information content (AvgIpc) is 3.49. The molecule has 1 aromatic carbocycles. The molecule has 4 heterocycles. The molecule has 0 saturated carbocycles. The Balaban J connectivity index is 1.65. The van der Waals surface area contributed by atoms with Crippen molar-refractivity contribution in [1.82, 2.24) is 20.2 Å². The quantitative estimate of drug-likeness (QED) is 0.507. The molecule has 0 aliphatic carbocycles. The van der Waals surface area contributed by atoms with Crippen LogP contribution in [0.4, 0.5) is 4.79 Å². The molecule has 0 radical (unpaired) electrons. The second-order valence-electron chi connectivity index (χ2n) is 11.1. The van der Waals surface area contributed by atoms with E-state index in [0.717, 1.165) is 63.7 Å². The van der Waals surface area contributed by atoms with E-state index in [4.69, 9.17) is 9.47 Å². The minimum absolute atomic E-state index is 0.00898. The molecule has 2 atom stereocenters. The predicted molar refractivity (Wildman–Crippen MR) is 143 cm³/mol. The Labute approximate surface area is 217 Å². The Morgan fingerprint density at radius 3 is 2.76 bits per heavy atom. The molecule has 2 aromatic heterocycles. The number of likely N-dealkylation sites (tertiary alicyclic amines) is 1. The van der Waals surface area contributed by atoms with Gasteiger partial charge in [-0.25, -0.2) is 9.78 Å². The van der Waals surface area contributed by atoms with Gasteiger partial charge in [-0.3, -0.25) is 4.79 Å². The molecule has 196 valence electrons. The van der Waals surface area contributed by atoms with Gasteiger partial charge < -0.3 is 24.7 Å². The molecule has 2 unspecified atom stereocenters. The van der Waals surface area contributed by atoms with Crippen molar-refractivity contribution in [2.24, 2.45) is 0 Å². The Morgan fingerprint density at radius 1 is 1.19 bits per heavy atom. The highest BCUT2D eigenvalue weighted by atomic mass is 16.6. The number of hydrogen-bond acceptors (Lipinski definition) is 6. The van der Waals surface area contributed by atoms with Gasteiger partial charge in [-0.15, -0.1) is 0 Å². The summed E-state index contributed by atoms with van der Waals surface area (Å²) in [5.74, 6) is -0.00898. The fourth-order valence-corrected chi connectivity index (χ4v) is 5.61. The smallest absolute Gasteiger partial charge is 0.410 e. The predicted octanol–water partition coefficient (Wildman–Crippen LogP) is 5.01. The van der Waals surface area contributed by atoms with Crippen LogP contribution in [0.15, 0.2) is 30.6 Å². The number of hydrogen-bond donors (Lipinski definition) is 2. The number of H-pyrrole nitrogens is 1. The molecule has 5 rings (SSSR count). The second-order valence-corrected chi connectivity index (χ2v) is 11.1. The third-order valence-corrected chi connectivity index (χ3v) is 7.25. The molecule has 3 aromatic rings. The number of Topliss-reactive ketones (excluding diaryl/α,β-unsaturated/α-hetero) is 1. The zero-order valence-electron chi connectivity index (χ0n) is 22.3. The van der Waals surface area contributed by atoms with E-state index in [2.05, 4.69) is 40.4 Å². The van der Waals surface area contributed by atoms with Crippen molar-refractivity contribution >= 4 is 22.9 Å². The van der Waals surface area contributed by atoms with E-state index in [0.29, 0.717) is 13.1 Å². The number of aromatic amines is 1. The van der Waals surface area contributed by atoms with Crippen molar-refractivity contribution in [3.05, 3.63) is 52.8 Å². The summed E-state index contributed by atoms with van der Waals surface area (Å²) in [5.41, 5.74) is 6.58. The maximum absolute atomic E-state index is 13.2. The summed E-state index contributed by atoms with van der Waals surface area (Å²) in [6, 6.07) is 5.85. The molecular weight excluding hydrogens is 468 g/mol. The number of aromatic nitrogens is 2. The monoisotopic (exact) mass is 504 g/mol. The highest BCUT2D eigenvalue weighted by Gasteiger charge is 2.38. The van der Waals surface area contributed by atoms with Crippen LogP contribution in [0.25, 0.3) is 22.2 Å². The Kier molecular flexibility index (Phi) is 6.81. The summed E-state index contributed by atoms with van der Waals surface area (Å²) in [6.07, 6.45) is 6.03. The SMILES string of the molecule is COCC(=O)C1NCCc2cc(-c3cnc4[nH]cc(C)c4c3)cc(C3CCCN3C(=O)OC(C)(C)C)c21. The molecule has 8 nitrogen and oxygen atoms in total. The van der Waals surface area contributed by atoms with Crippen LogP contribution in [0, 0.1) is 6.92 Å². The zero-order valence-corrected chi connectivity index (χ0v) is 22.3. The van der Waals surface area contributed by atoms with E-state index in [1.54, 1.807) is 7.11 Å². The van der Waals surface area contributed by atoms with Crippen molar-refractivity contribution in [2.45, 2.75) is 64.6 Å². The molecule has 0 bridgehead atoms. The van der Waals surface area contributed by atoms with E-state index in [9.17, 15) is 9.59 Å². The summed E-state index contributed by atoms with van der Waals surface area (Å²) in [6.45, 7) is 9.07. The lowest BCUT2D eigenvalue weighted by atomic mass is 9.82. The van der Waals surface area contributed by atoms with Gasteiger partial charge in [-0.1, -0.05) is 6.07 Å². The first-order chi connectivity index (χ1) is 17.7. The lowest BCUT2D eigenvalue weighted by Crippen LogP contribution is -2.40. The second kappa shape index (κ2) is 9.91. The van der Waals surface area contributed by atoms with E-state index < -0.39 is 11.6 Å². The van der Waals surface area contributed by atoms with Gasteiger partial charge >= 0.3 is 6.09 Å². The van der Waals surface area contributed by atoms with Crippen LogP contribution in [-0.2, 0) is 20.7 Å². The van der Waals surface area contributed by atoms with Crippen LogP contribution < -0.4 is 5.32 Å². The number of carbonyl (C=O) groups is 2. The number of methoxy groups -OCH3 is 1. The van der Waals surface area contributed by atoms with Gasteiger partial charge in [0, 0.05) is 43.5 Å². The lowest BCUT2D eigenvalue weighted by Gasteiger charge is -2.34. The first-order valence-corrected chi connectivity index (χ1v) is 13.0. The topological polar surface area (TPSA) is 96.5 Å². The van der Waals surface area contributed by atoms with Crippen molar-refractivity contribution in [3.63, 3.8) is 0 Å². The standard InChI is InChI=1S/C29H36N4O4/c1-17-14-31-27-21(17)13-20(15-32-27)19-11-18-8-9-30-26(24(34)16-36-5)25(18)22(12-19)23-7-6-10-33(23)28(35)37-29(2,3)4/h11-15,23,26,30H,6-10,16H2,1-5H3,(H,31,32). The fraction of sp³-hybridized carbons (Fsp3) is 0.483. The van der Waals surface area contributed by atoms with E-state index in [1.165, 1.54) is 0 Å². The van der Waals surface area contributed by atoms with Gasteiger partial charge in [0.15, 0.2) is 5.78 Å². The first-order valence-electron chi connectivity index (χ1n) is 13.0. The number of nitrogens with zero attached hydrogens (tertiary/aromatic N) is 2. The van der Waals surface area contributed by atoms with E-state index in [-0.39, 0.29) is 24.5 Å². The summed E-state index contributed by atoms with van der Waals surface area (Å²) < 4.78 is 11.0. The average molecular weight is 505 g/mol. The first kappa shape index (κ1) is 25.4. The number of rotatable bonds is 5. The number of benzene rings is 1. The summed E-state index contributed by atoms with van der Waals surface area (Å²) >= 11 is 0. The molecule has 1 fully saturated rings. The minimum Gasteiger partial charge on any atom is -0.444 e. The van der Waals surface area contributed by atoms with Gasteiger partial charge in [0.2, 0.25) is 0 Å². The lowest BCUT2D eigenvalue weighted by molar-refractivity contribution is -0.125. The number of ether oxygens (including phenoxy) is 2. The van der Waals surface area contributed by atoms with Gasteiger partial charge in [-0.2, -0.15) is 0 Å². The normalized spacial score (nSPS) is 19.8. The highest BCUT2D eigenvalue weighted by molar-refractivity contribution is 5.89. The van der Waals surface area contributed by atoms with Crippen molar-refractivity contribution < 1.29 is 19.1 Å². The Hall–Kier alpha value is -3.23. The maximum Gasteiger partial charge on any atom is 0.410 e. The molecule has 2 aliphatic heterocycles.